The molecule has 0 aromatic heterocycles. The van der Waals surface area contributed by atoms with E-state index in [-0.39, 0.29) is 5.82 Å². The van der Waals surface area contributed by atoms with E-state index >= 15 is 0 Å². The van der Waals surface area contributed by atoms with E-state index in [4.69, 9.17) is 4.74 Å². The van der Waals surface area contributed by atoms with Crippen LogP contribution in [0.3, 0.4) is 0 Å². The van der Waals surface area contributed by atoms with E-state index in [1.807, 2.05) is 6.07 Å². The van der Waals surface area contributed by atoms with Gasteiger partial charge in [-0.2, -0.15) is 0 Å². The lowest BCUT2D eigenvalue weighted by atomic mass is 9.94. The molecule has 0 fully saturated rings. The summed E-state index contributed by atoms with van der Waals surface area (Å²) in [6, 6.07) is 3.49. The van der Waals surface area contributed by atoms with Crippen LogP contribution in [-0.2, 0) is 12.8 Å². The second kappa shape index (κ2) is 6.21. The van der Waals surface area contributed by atoms with Gasteiger partial charge in [-0.3, -0.25) is 0 Å². The minimum atomic E-state index is -0.105. The maximum atomic E-state index is 13.6. The molecule has 0 N–H and O–H groups in total. The molecule has 0 amide bonds. The van der Waals surface area contributed by atoms with Crippen molar-refractivity contribution in [1.82, 2.24) is 0 Å². The first-order valence-electron chi connectivity index (χ1n) is 7.19. The van der Waals surface area contributed by atoms with E-state index in [1.54, 1.807) is 6.07 Å². The van der Waals surface area contributed by atoms with E-state index in [0.717, 1.165) is 30.1 Å². The van der Waals surface area contributed by atoms with Crippen LogP contribution < -0.4 is 4.74 Å². The maximum Gasteiger partial charge on any atom is 0.130 e. The Hall–Kier alpha value is -1.05. The number of hydrogen-bond acceptors (Lipinski definition) is 1. The first-order chi connectivity index (χ1) is 8.76. The molecule has 1 aliphatic rings. The Kier molecular flexibility index (Phi) is 4.62. The number of hydrogen-bond donors (Lipinski definition) is 0. The molecule has 2 rings (SSSR count). The highest BCUT2D eigenvalue weighted by atomic mass is 19.1. The summed E-state index contributed by atoms with van der Waals surface area (Å²) < 4.78 is 19.1. The molecule has 1 aliphatic heterocycles. The predicted molar refractivity (Wildman–Crippen MR) is 72.6 cm³/mol. The summed E-state index contributed by atoms with van der Waals surface area (Å²) >= 11 is 0. The van der Waals surface area contributed by atoms with Gasteiger partial charge in [-0.15, -0.1) is 0 Å². The van der Waals surface area contributed by atoms with Crippen LogP contribution in [-0.4, -0.2) is 6.61 Å². The Morgan fingerprint density at radius 1 is 1.28 bits per heavy atom. The zero-order chi connectivity index (χ0) is 13.0. The van der Waals surface area contributed by atoms with Gasteiger partial charge in [-0.1, -0.05) is 39.2 Å². The number of rotatable bonds is 6. The standard InChI is InChI=1S/C16H23FO/c1-3-12(4-2)6-5-7-13-8-9-15(17)14-10-11-18-16(13)14/h8-9,12H,3-7,10-11H2,1-2H3. The minimum Gasteiger partial charge on any atom is -0.493 e. The van der Waals surface area contributed by atoms with Crippen molar-refractivity contribution in [1.29, 1.82) is 0 Å². The van der Waals surface area contributed by atoms with Crippen molar-refractivity contribution in [2.24, 2.45) is 5.92 Å². The van der Waals surface area contributed by atoms with E-state index in [0.29, 0.717) is 6.61 Å². The lowest BCUT2D eigenvalue weighted by Gasteiger charge is -2.13. The van der Waals surface area contributed by atoms with Gasteiger partial charge in [0.15, 0.2) is 0 Å². The topological polar surface area (TPSA) is 9.23 Å². The summed E-state index contributed by atoms with van der Waals surface area (Å²) in [5, 5.41) is 0. The molecule has 0 aliphatic carbocycles. The fourth-order valence-electron chi connectivity index (χ4n) is 2.80. The van der Waals surface area contributed by atoms with Crippen LogP contribution in [0.4, 0.5) is 4.39 Å². The third-order valence-electron chi connectivity index (χ3n) is 4.10. The monoisotopic (exact) mass is 250 g/mol. The summed E-state index contributed by atoms with van der Waals surface area (Å²) in [6.07, 6.45) is 6.69. The molecule has 0 atom stereocenters. The van der Waals surface area contributed by atoms with Crippen molar-refractivity contribution in [2.45, 2.75) is 52.4 Å². The third-order valence-corrected chi connectivity index (χ3v) is 4.10. The highest BCUT2D eigenvalue weighted by molar-refractivity contribution is 5.44. The third kappa shape index (κ3) is 2.85. The van der Waals surface area contributed by atoms with Crippen molar-refractivity contribution < 1.29 is 9.13 Å². The predicted octanol–water partition coefficient (Wildman–Crippen LogP) is 4.52. The van der Waals surface area contributed by atoms with Gasteiger partial charge in [0.2, 0.25) is 0 Å². The second-order valence-electron chi connectivity index (χ2n) is 5.19. The van der Waals surface area contributed by atoms with Gasteiger partial charge in [0.25, 0.3) is 0 Å². The van der Waals surface area contributed by atoms with Crippen molar-refractivity contribution >= 4 is 0 Å². The molecule has 0 saturated carbocycles. The number of benzene rings is 1. The molecule has 18 heavy (non-hydrogen) atoms. The van der Waals surface area contributed by atoms with Crippen LogP contribution in [0.25, 0.3) is 0 Å². The molecule has 0 unspecified atom stereocenters. The zero-order valence-electron chi connectivity index (χ0n) is 11.5. The van der Waals surface area contributed by atoms with Gasteiger partial charge < -0.3 is 4.74 Å². The van der Waals surface area contributed by atoms with E-state index in [1.165, 1.54) is 31.2 Å². The molecule has 1 aromatic rings. The van der Waals surface area contributed by atoms with Gasteiger partial charge in [0.1, 0.15) is 11.6 Å². The molecule has 100 valence electrons. The average Bonchev–Trinajstić information content (AvgIpc) is 2.87. The maximum absolute atomic E-state index is 13.6. The first kappa shape index (κ1) is 13.4. The lowest BCUT2D eigenvalue weighted by Crippen LogP contribution is -1.99. The lowest BCUT2D eigenvalue weighted by molar-refractivity contribution is 0.352. The molecule has 0 spiro atoms. The SMILES string of the molecule is CCC(CC)CCCc1ccc(F)c2c1OCC2. The van der Waals surface area contributed by atoms with Gasteiger partial charge in [-0.05, 0) is 30.4 Å². The van der Waals surface area contributed by atoms with Crippen LogP contribution in [0.2, 0.25) is 0 Å². The number of fused-ring (bicyclic) bond motifs is 1. The van der Waals surface area contributed by atoms with Crippen LogP contribution in [0.15, 0.2) is 12.1 Å². The summed E-state index contributed by atoms with van der Waals surface area (Å²) in [6.45, 7) is 5.15. The molecule has 2 heteroatoms. The molecular weight excluding hydrogens is 227 g/mol. The van der Waals surface area contributed by atoms with E-state index in [9.17, 15) is 4.39 Å². The summed E-state index contributed by atoms with van der Waals surface area (Å²) in [5.41, 5.74) is 1.98. The van der Waals surface area contributed by atoms with Gasteiger partial charge in [-0.25, -0.2) is 4.39 Å². The van der Waals surface area contributed by atoms with E-state index in [2.05, 4.69) is 13.8 Å². The fourth-order valence-corrected chi connectivity index (χ4v) is 2.80. The van der Waals surface area contributed by atoms with Crippen molar-refractivity contribution in [2.75, 3.05) is 6.61 Å². The van der Waals surface area contributed by atoms with E-state index < -0.39 is 0 Å². The Bertz CT molecular complexity index is 396. The van der Waals surface area contributed by atoms with Crippen LogP contribution in [0.5, 0.6) is 5.75 Å². The smallest absolute Gasteiger partial charge is 0.130 e. The van der Waals surface area contributed by atoms with Gasteiger partial charge >= 0.3 is 0 Å². The highest BCUT2D eigenvalue weighted by Gasteiger charge is 2.20. The quantitative estimate of drug-likeness (QED) is 0.721. The normalized spacial score (nSPS) is 13.8. The first-order valence-corrected chi connectivity index (χ1v) is 7.19. The van der Waals surface area contributed by atoms with Gasteiger partial charge in [0.05, 0.1) is 6.61 Å². The number of aryl methyl sites for hydroxylation is 1. The van der Waals surface area contributed by atoms with Crippen LogP contribution in [0.1, 0.15) is 50.7 Å². The number of ether oxygens (including phenoxy) is 1. The summed E-state index contributed by atoms with van der Waals surface area (Å²) in [5.74, 6) is 1.56. The van der Waals surface area contributed by atoms with Crippen molar-refractivity contribution in [3.05, 3.63) is 29.1 Å². The van der Waals surface area contributed by atoms with Crippen LogP contribution >= 0.6 is 0 Å². The molecule has 0 bridgehead atoms. The highest BCUT2D eigenvalue weighted by Crippen LogP contribution is 2.33. The Morgan fingerprint density at radius 3 is 2.78 bits per heavy atom. The molecule has 1 aromatic carbocycles. The Morgan fingerprint density at radius 2 is 2.06 bits per heavy atom. The Labute approximate surface area is 109 Å². The summed E-state index contributed by atoms with van der Waals surface area (Å²) in [7, 11) is 0. The molecule has 1 nitrogen and oxygen atoms in total. The molecule has 1 heterocycles. The van der Waals surface area contributed by atoms with Gasteiger partial charge in [0, 0.05) is 12.0 Å². The minimum absolute atomic E-state index is 0.105. The Balaban J connectivity index is 1.96. The zero-order valence-corrected chi connectivity index (χ0v) is 11.5. The largest absolute Gasteiger partial charge is 0.493 e. The molecular formula is C16H23FO. The average molecular weight is 250 g/mol. The summed E-state index contributed by atoms with van der Waals surface area (Å²) in [4.78, 5) is 0. The fraction of sp³-hybridized carbons (Fsp3) is 0.625. The van der Waals surface area contributed by atoms with Crippen LogP contribution in [0, 0.1) is 11.7 Å². The second-order valence-corrected chi connectivity index (χ2v) is 5.19. The molecule has 0 radical (unpaired) electrons. The van der Waals surface area contributed by atoms with Crippen molar-refractivity contribution in [3.63, 3.8) is 0 Å². The van der Waals surface area contributed by atoms with Crippen molar-refractivity contribution in [3.8, 4) is 5.75 Å². The molecule has 0 saturated heterocycles. The number of halogens is 1.